The van der Waals surface area contributed by atoms with Crippen LogP contribution in [0.4, 0.5) is 0 Å². The van der Waals surface area contributed by atoms with Crippen LogP contribution in [-0.2, 0) is 24.6 Å². The van der Waals surface area contributed by atoms with Gasteiger partial charge < -0.3 is 10.5 Å². The Kier molecular flexibility index (Phi) is 6.02. The zero-order valence-corrected chi connectivity index (χ0v) is 14.2. The van der Waals surface area contributed by atoms with Crippen LogP contribution in [0, 0.1) is 0 Å². The fraction of sp³-hybridized carbons (Fsp3) is 0.786. The highest BCUT2D eigenvalue weighted by molar-refractivity contribution is 9.10. The number of hydrogen-bond acceptors (Lipinski definition) is 3. The molecule has 1 aromatic heterocycles. The van der Waals surface area contributed by atoms with Gasteiger partial charge in [0.2, 0.25) is 0 Å². The molecule has 110 valence electrons. The zero-order valence-electron chi connectivity index (χ0n) is 12.7. The Bertz CT molecular complexity index is 419. The molecule has 5 heteroatoms. The molecule has 2 atom stereocenters. The Balaban J connectivity index is 2.92. The number of nitrogens with zero attached hydrogens (tertiary/aromatic N) is 2. The van der Waals surface area contributed by atoms with Crippen LogP contribution in [0.5, 0.6) is 0 Å². The summed E-state index contributed by atoms with van der Waals surface area (Å²) in [4.78, 5) is 0. The molecule has 0 saturated carbocycles. The topological polar surface area (TPSA) is 53.1 Å². The Hall–Kier alpha value is -0.390. The second kappa shape index (κ2) is 6.86. The molecular formula is C14H26BrN3O. The molecule has 0 spiro atoms. The van der Waals surface area contributed by atoms with Gasteiger partial charge in [0.05, 0.1) is 21.5 Å². The third-order valence-corrected chi connectivity index (χ3v) is 4.79. The van der Waals surface area contributed by atoms with E-state index in [1.165, 1.54) is 0 Å². The van der Waals surface area contributed by atoms with Crippen molar-refractivity contribution < 1.29 is 4.74 Å². The Morgan fingerprint density at radius 3 is 2.47 bits per heavy atom. The van der Waals surface area contributed by atoms with Crippen LogP contribution in [0.1, 0.15) is 45.5 Å². The summed E-state index contributed by atoms with van der Waals surface area (Å²) in [6.45, 7) is 9.01. The quantitative estimate of drug-likeness (QED) is 0.835. The van der Waals surface area contributed by atoms with E-state index in [4.69, 9.17) is 10.5 Å². The molecule has 0 aliphatic rings. The van der Waals surface area contributed by atoms with Gasteiger partial charge in [-0.05, 0) is 42.6 Å². The van der Waals surface area contributed by atoms with Crippen LogP contribution < -0.4 is 5.73 Å². The molecule has 0 amide bonds. The molecule has 0 aliphatic heterocycles. The van der Waals surface area contributed by atoms with E-state index < -0.39 is 0 Å². The standard InChI is InChI=1S/C14H26BrN3O/c1-6-10-13(15)11(18(5)17-10)9-12(16)14(4,7-2)19-8-3/h12H,6-9,16H2,1-5H3. The van der Waals surface area contributed by atoms with Gasteiger partial charge in [-0.2, -0.15) is 5.10 Å². The van der Waals surface area contributed by atoms with E-state index in [1.807, 2.05) is 18.7 Å². The van der Waals surface area contributed by atoms with E-state index in [-0.39, 0.29) is 11.6 Å². The summed E-state index contributed by atoms with van der Waals surface area (Å²) >= 11 is 3.64. The van der Waals surface area contributed by atoms with E-state index in [9.17, 15) is 0 Å². The molecule has 1 aromatic rings. The highest BCUT2D eigenvalue weighted by Crippen LogP contribution is 2.27. The largest absolute Gasteiger partial charge is 0.374 e. The SMILES string of the molecule is CCOC(C)(CC)C(N)Cc1c(Br)c(CC)nn1C. The molecule has 0 aliphatic carbocycles. The van der Waals surface area contributed by atoms with Crippen molar-refractivity contribution in [2.45, 2.75) is 58.6 Å². The first-order valence-electron chi connectivity index (χ1n) is 6.99. The number of halogens is 1. The normalized spacial score (nSPS) is 16.4. The summed E-state index contributed by atoms with van der Waals surface area (Å²) in [5.41, 5.74) is 8.32. The fourth-order valence-corrected chi connectivity index (χ4v) is 3.04. The summed E-state index contributed by atoms with van der Waals surface area (Å²) in [7, 11) is 1.97. The number of aryl methyl sites for hydroxylation is 2. The average Bonchev–Trinajstić information content (AvgIpc) is 2.66. The van der Waals surface area contributed by atoms with E-state index in [1.54, 1.807) is 0 Å². The predicted molar refractivity (Wildman–Crippen MR) is 82.3 cm³/mol. The first-order valence-corrected chi connectivity index (χ1v) is 7.78. The lowest BCUT2D eigenvalue weighted by Crippen LogP contribution is -2.49. The minimum Gasteiger partial charge on any atom is -0.374 e. The minimum absolute atomic E-state index is 0.0474. The summed E-state index contributed by atoms with van der Waals surface area (Å²) in [5, 5.41) is 4.51. The molecule has 1 heterocycles. The zero-order chi connectivity index (χ0) is 14.6. The van der Waals surface area contributed by atoms with Crippen molar-refractivity contribution in [3.63, 3.8) is 0 Å². The lowest BCUT2D eigenvalue weighted by Gasteiger charge is -2.34. The van der Waals surface area contributed by atoms with Crippen molar-refractivity contribution in [2.75, 3.05) is 6.61 Å². The van der Waals surface area contributed by atoms with Crippen LogP contribution in [0.2, 0.25) is 0 Å². The molecule has 2 N–H and O–H groups in total. The summed E-state index contributed by atoms with van der Waals surface area (Å²) in [6, 6.07) is -0.0474. The fourth-order valence-electron chi connectivity index (χ4n) is 2.27. The van der Waals surface area contributed by atoms with Crippen molar-refractivity contribution in [3.8, 4) is 0 Å². The molecule has 19 heavy (non-hydrogen) atoms. The lowest BCUT2D eigenvalue weighted by atomic mass is 9.90. The Labute approximate surface area is 124 Å². The molecule has 0 radical (unpaired) electrons. The minimum atomic E-state index is -0.287. The number of nitrogens with two attached hydrogens (primary N) is 1. The smallest absolute Gasteiger partial charge is 0.0805 e. The van der Waals surface area contributed by atoms with Crippen LogP contribution in [0.3, 0.4) is 0 Å². The molecular weight excluding hydrogens is 306 g/mol. The van der Waals surface area contributed by atoms with Gasteiger partial charge in [-0.15, -0.1) is 0 Å². The van der Waals surface area contributed by atoms with E-state index in [0.29, 0.717) is 6.61 Å². The van der Waals surface area contributed by atoms with Gasteiger partial charge in [-0.3, -0.25) is 4.68 Å². The van der Waals surface area contributed by atoms with Crippen LogP contribution in [-0.4, -0.2) is 28.0 Å². The Morgan fingerprint density at radius 2 is 2.05 bits per heavy atom. The summed E-state index contributed by atoms with van der Waals surface area (Å²) in [5.74, 6) is 0. The van der Waals surface area contributed by atoms with Crippen molar-refractivity contribution >= 4 is 15.9 Å². The Morgan fingerprint density at radius 1 is 1.42 bits per heavy atom. The first kappa shape index (κ1) is 16.7. The van der Waals surface area contributed by atoms with Crippen molar-refractivity contribution in [1.82, 2.24) is 9.78 Å². The summed E-state index contributed by atoms with van der Waals surface area (Å²) in [6.07, 6.45) is 2.58. The molecule has 0 bridgehead atoms. The van der Waals surface area contributed by atoms with Crippen LogP contribution in [0.25, 0.3) is 0 Å². The second-order valence-electron chi connectivity index (χ2n) is 5.09. The van der Waals surface area contributed by atoms with Crippen LogP contribution >= 0.6 is 15.9 Å². The molecule has 1 rings (SSSR count). The van der Waals surface area contributed by atoms with Gasteiger partial charge in [0.25, 0.3) is 0 Å². The third kappa shape index (κ3) is 3.58. The molecule has 2 unspecified atom stereocenters. The third-order valence-electron chi connectivity index (χ3n) is 3.88. The molecule has 0 saturated heterocycles. The van der Waals surface area contributed by atoms with E-state index in [2.05, 4.69) is 41.8 Å². The van der Waals surface area contributed by atoms with Gasteiger partial charge in [-0.1, -0.05) is 13.8 Å². The summed E-state index contributed by atoms with van der Waals surface area (Å²) < 4.78 is 8.86. The van der Waals surface area contributed by atoms with Crippen LogP contribution in [0.15, 0.2) is 4.47 Å². The maximum atomic E-state index is 6.38. The van der Waals surface area contributed by atoms with Crippen molar-refractivity contribution in [1.29, 1.82) is 0 Å². The van der Waals surface area contributed by atoms with E-state index in [0.717, 1.165) is 35.1 Å². The monoisotopic (exact) mass is 331 g/mol. The average molecular weight is 332 g/mol. The van der Waals surface area contributed by atoms with Gasteiger partial charge >= 0.3 is 0 Å². The van der Waals surface area contributed by atoms with E-state index >= 15 is 0 Å². The molecule has 0 aromatic carbocycles. The number of aromatic nitrogens is 2. The maximum Gasteiger partial charge on any atom is 0.0805 e. The van der Waals surface area contributed by atoms with Gasteiger partial charge in [0.15, 0.2) is 0 Å². The predicted octanol–water partition coefficient (Wildman–Crippen LogP) is 2.82. The second-order valence-corrected chi connectivity index (χ2v) is 5.89. The number of ether oxygens (including phenoxy) is 1. The number of rotatable bonds is 7. The van der Waals surface area contributed by atoms with Gasteiger partial charge in [0.1, 0.15) is 0 Å². The van der Waals surface area contributed by atoms with Crippen molar-refractivity contribution in [2.24, 2.45) is 12.8 Å². The number of hydrogen-bond donors (Lipinski definition) is 1. The highest BCUT2D eigenvalue weighted by Gasteiger charge is 2.32. The highest BCUT2D eigenvalue weighted by atomic mass is 79.9. The lowest BCUT2D eigenvalue weighted by molar-refractivity contribution is -0.0464. The molecule has 4 nitrogen and oxygen atoms in total. The molecule has 0 fully saturated rings. The van der Waals surface area contributed by atoms with Gasteiger partial charge in [0, 0.05) is 26.1 Å². The van der Waals surface area contributed by atoms with Crippen molar-refractivity contribution in [3.05, 3.63) is 15.9 Å². The first-order chi connectivity index (χ1) is 8.89. The maximum absolute atomic E-state index is 6.38. The van der Waals surface area contributed by atoms with Gasteiger partial charge in [-0.25, -0.2) is 0 Å².